The molecule has 0 atom stereocenters. The van der Waals surface area contributed by atoms with Crippen molar-refractivity contribution in [2.45, 2.75) is 0 Å². The molecule has 2 aliphatic heterocycles. The SMILES string of the molecule is CNCCOc1ccc(-c2cc(N3CC4(CN(C)C4)C3)c3ccc(N(C)C)cc3n2)cn1. The minimum absolute atomic E-state index is 0.474. The standard InChI is InChI=1S/C25H32N6O/c1-26-9-10-32-24-8-5-18(13-27-24)21-12-23(31-16-25(17-31)14-30(4)15-25)20-7-6-19(29(2)3)11-22(20)28-21/h5-8,11-13,26H,9-10,14-17H2,1-4H3. The number of nitrogens with zero attached hydrogens (tertiary/aromatic N) is 5. The third-order valence-corrected chi connectivity index (χ3v) is 6.53. The van der Waals surface area contributed by atoms with E-state index in [4.69, 9.17) is 9.72 Å². The van der Waals surface area contributed by atoms with Crippen LogP contribution in [-0.4, -0.2) is 82.4 Å². The van der Waals surface area contributed by atoms with Crippen LogP contribution >= 0.6 is 0 Å². The Morgan fingerprint density at radius 2 is 1.91 bits per heavy atom. The summed E-state index contributed by atoms with van der Waals surface area (Å²) < 4.78 is 5.68. The van der Waals surface area contributed by atoms with Gasteiger partial charge in [0.05, 0.1) is 11.2 Å². The van der Waals surface area contributed by atoms with E-state index in [9.17, 15) is 0 Å². The summed E-state index contributed by atoms with van der Waals surface area (Å²) in [6, 6.07) is 12.8. The molecule has 5 rings (SSSR count). The van der Waals surface area contributed by atoms with E-state index in [-0.39, 0.29) is 0 Å². The van der Waals surface area contributed by atoms with Crippen molar-refractivity contribution >= 4 is 22.3 Å². The van der Waals surface area contributed by atoms with Gasteiger partial charge >= 0.3 is 0 Å². The molecule has 4 heterocycles. The highest BCUT2D eigenvalue weighted by molar-refractivity contribution is 5.96. The minimum Gasteiger partial charge on any atom is -0.476 e. The van der Waals surface area contributed by atoms with Crippen LogP contribution in [0.2, 0.25) is 0 Å². The molecule has 1 N–H and O–H groups in total. The van der Waals surface area contributed by atoms with Crippen molar-refractivity contribution < 1.29 is 4.74 Å². The summed E-state index contributed by atoms with van der Waals surface area (Å²) in [6.07, 6.45) is 1.86. The molecule has 0 unspecified atom stereocenters. The first-order valence-electron chi connectivity index (χ1n) is 11.3. The predicted molar refractivity (Wildman–Crippen MR) is 131 cm³/mol. The summed E-state index contributed by atoms with van der Waals surface area (Å²) in [7, 11) is 8.24. The monoisotopic (exact) mass is 432 g/mol. The third-order valence-electron chi connectivity index (χ3n) is 6.53. The number of aromatic nitrogens is 2. The van der Waals surface area contributed by atoms with Gasteiger partial charge in [0.1, 0.15) is 6.61 Å². The van der Waals surface area contributed by atoms with Crippen LogP contribution < -0.4 is 19.9 Å². The quantitative estimate of drug-likeness (QED) is 0.576. The highest BCUT2D eigenvalue weighted by Crippen LogP contribution is 2.44. The van der Waals surface area contributed by atoms with Crippen molar-refractivity contribution in [3.8, 4) is 17.1 Å². The number of anilines is 2. The van der Waals surface area contributed by atoms with Crippen molar-refractivity contribution in [1.82, 2.24) is 20.2 Å². The Kier molecular flexibility index (Phi) is 5.39. The van der Waals surface area contributed by atoms with Gasteiger partial charge in [-0.15, -0.1) is 0 Å². The van der Waals surface area contributed by atoms with E-state index in [1.165, 1.54) is 24.2 Å². The van der Waals surface area contributed by atoms with Crippen molar-refractivity contribution in [3.05, 3.63) is 42.6 Å². The zero-order valence-electron chi connectivity index (χ0n) is 19.4. The van der Waals surface area contributed by atoms with Gasteiger partial charge in [-0.2, -0.15) is 0 Å². The molecule has 2 aliphatic rings. The number of benzene rings is 1. The van der Waals surface area contributed by atoms with Gasteiger partial charge in [0, 0.05) is 86.8 Å². The van der Waals surface area contributed by atoms with Crippen LogP contribution in [0.1, 0.15) is 0 Å². The average Bonchev–Trinajstić information content (AvgIpc) is 2.75. The van der Waals surface area contributed by atoms with Gasteiger partial charge < -0.3 is 24.8 Å². The van der Waals surface area contributed by atoms with Crippen LogP contribution in [0.4, 0.5) is 11.4 Å². The molecule has 0 aliphatic carbocycles. The van der Waals surface area contributed by atoms with Crippen molar-refractivity contribution in [1.29, 1.82) is 0 Å². The first kappa shape index (κ1) is 21.0. The number of rotatable bonds is 7. The van der Waals surface area contributed by atoms with Gasteiger partial charge in [-0.1, -0.05) is 0 Å². The fourth-order valence-electron chi connectivity index (χ4n) is 4.99. The number of ether oxygens (including phenoxy) is 1. The van der Waals surface area contributed by atoms with E-state index in [1.807, 2.05) is 25.4 Å². The van der Waals surface area contributed by atoms with Crippen molar-refractivity contribution in [2.24, 2.45) is 5.41 Å². The molecule has 1 aromatic carbocycles. The summed E-state index contributed by atoms with van der Waals surface area (Å²) in [5, 5.41) is 4.29. The zero-order valence-corrected chi connectivity index (χ0v) is 19.4. The molecule has 7 nitrogen and oxygen atoms in total. The molecule has 0 amide bonds. The van der Waals surface area contributed by atoms with Gasteiger partial charge in [-0.25, -0.2) is 9.97 Å². The summed E-state index contributed by atoms with van der Waals surface area (Å²) in [4.78, 5) is 16.6. The summed E-state index contributed by atoms with van der Waals surface area (Å²) in [6.45, 7) is 6.01. The molecule has 0 bridgehead atoms. The Hall–Kier alpha value is -2.90. The van der Waals surface area contributed by atoms with Crippen LogP contribution in [0, 0.1) is 5.41 Å². The molecular formula is C25H32N6O. The number of hydrogen-bond donors (Lipinski definition) is 1. The number of fused-ring (bicyclic) bond motifs is 1. The van der Waals surface area contributed by atoms with Gasteiger partial charge in [0.2, 0.25) is 5.88 Å². The van der Waals surface area contributed by atoms with Crippen LogP contribution in [0.25, 0.3) is 22.2 Å². The Bertz CT molecular complexity index is 1100. The lowest BCUT2D eigenvalue weighted by Crippen LogP contribution is -2.71. The second-order valence-corrected chi connectivity index (χ2v) is 9.49. The van der Waals surface area contributed by atoms with E-state index >= 15 is 0 Å². The Morgan fingerprint density at radius 1 is 1.09 bits per heavy atom. The predicted octanol–water partition coefficient (Wildman–Crippen LogP) is 2.71. The third kappa shape index (κ3) is 3.87. The number of likely N-dealkylation sites (N-methyl/N-ethyl adjacent to an activating group) is 1. The first-order chi connectivity index (χ1) is 15.5. The maximum absolute atomic E-state index is 5.68. The lowest BCUT2D eigenvalue weighted by Gasteiger charge is -2.60. The van der Waals surface area contributed by atoms with E-state index in [0.717, 1.165) is 42.1 Å². The van der Waals surface area contributed by atoms with Crippen LogP contribution in [-0.2, 0) is 0 Å². The molecule has 2 fully saturated rings. The summed E-state index contributed by atoms with van der Waals surface area (Å²) in [5.41, 5.74) is 5.87. The number of hydrogen-bond acceptors (Lipinski definition) is 7. The minimum atomic E-state index is 0.474. The van der Waals surface area contributed by atoms with E-state index in [0.29, 0.717) is 17.9 Å². The molecule has 2 aromatic heterocycles. The second-order valence-electron chi connectivity index (χ2n) is 9.49. The lowest BCUT2D eigenvalue weighted by molar-refractivity contribution is -0.00224. The Balaban J connectivity index is 1.48. The molecule has 32 heavy (non-hydrogen) atoms. The molecule has 1 spiro atoms. The Morgan fingerprint density at radius 3 is 2.56 bits per heavy atom. The maximum Gasteiger partial charge on any atom is 0.213 e. The topological polar surface area (TPSA) is 56.8 Å². The summed E-state index contributed by atoms with van der Waals surface area (Å²) >= 11 is 0. The van der Waals surface area contributed by atoms with E-state index < -0.39 is 0 Å². The van der Waals surface area contributed by atoms with Crippen molar-refractivity contribution in [2.75, 3.05) is 77.3 Å². The normalized spacial score (nSPS) is 17.3. The molecule has 0 saturated carbocycles. The molecule has 7 heteroatoms. The van der Waals surface area contributed by atoms with Gasteiger partial charge in [-0.3, -0.25) is 0 Å². The molecule has 168 valence electrons. The average molecular weight is 433 g/mol. The number of nitrogens with one attached hydrogen (secondary N) is 1. The fourth-order valence-corrected chi connectivity index (χ4v) is 4.99. The summed E-state index contributed by atoms with van der Waals surface area (Å²) in [5.74, 6) is 0.638. The molecule has 0 radical (unpaired) electrons. The van der Waals surface area contributed by atoms with Crippen LogP contribution in [0.5, 0.6) is 5.88 Å². The molecule has 2 saturated heterocycles. The van der Waals surface area contributed by atoms with Gasteiger partial charge in [-0.05, 0) is 44.4 Å². The zero-order chi connectivity index (χ0) is 22.3. The first-order valence-corrected chi connectivity index (χ1v) is 11.3. The smallest absolute Gasteiger partial charge is 0.213 e. The van der Waals surface area contributed by atoms with Crippen LogP contribution in [0.15, 0.2) is 42.6 Å². The van der Waals surface area contributed by atoms with Gasteiger partial charge in [0.15, 0.2) is 0 Å². The highest BCUT2D eigenvalue weighted by atomic mass is 16.5. The van der Waals surface area contributed by atoms with E-state index in [1.54, 1.807) is 0 Å². The van der Waals surface area contributed by atoms with Gasteiger partial charge in [0.25, 0.3) is 0 Å². The second kappa shape index (κ2) is 8.22. The van der Waals surface area contributed by atoms with Crippen molar-refractivity contribution in [3.63, 3.8) is 0 Å². The Labute approximate surface area is 190 Å². The highest BCUT2D eigenvalue weighted by Gasteiger charge is 2.50. The van der Waals surface area contributed by atoms with Crippen LogP contribution in [0.3, 0.4) is 0 Å². The molecular weight excluding hydrogens is 400 g/mol. The fraction of sp³-hybridized carbons (Fsp3) is 0.440. The number of pyridine rings is 2. The van der Waals surface area contributed by atoms with E-state index in [2.05, 4.69) is 70.4 Å². The number of likely N-dealkylation sites (tertiary alicyclic amines) is 1. The molecule has 3 aromatic rings. The largest absolute Gasteiger partial charge is 0.476 e. The maximum atomic E-state index is 5.68. The lowest BCUT2D eigenvalue weighted by atomic mass is 9.73.